The summed E-state index contributed by atoms with van der Waals surface area (Å²) in [6.45, 7) is 6.59. The summed E-state index contributed by atoms with van der Waals surface area (Å²) in [7, 11) is -4.18. The molecule has 0 fully saturated rings. The van der Waals surface area contributed by atoms with E-state index >= 15 is 0 Å². The molecule has 3 rings (SSSR count). The molecule has 214 valence electrons. The standard InChI is InChI=1S/C29H32Cl3N3O4S/c1-5-27(29(37)33-19(2)3)34(17-24-25(31)7-6-8-26(24)32)28(36)18-35(22-13-11-21(30)12-14-22)40(38,39)23-15-9-20(4)10-16-23/h6-16,19,27H,5,17-18H2,1-4H3,(H,33,37). The van der Waals surface area contributed by atoms with E-state index < -0.39 is 28.5 Å². The first-order valence-electron chi connectivity index (χ1n) is 12.7. The molecule has 1 atom stereocenters. The lowest BCUT2D eigenvalue weighted by Crippen LogP contribution is -2.53. The number of nitrogens with zero attached hydrogens (tertiary/aromatic N) is 2. The SMILES string of the molecule is CCC(C(=O)NC(C)C)N(Cc1c(Cl)cccc1Cl)C(=O)CN(c1ccc(Cl)cc1)S(=O)(=O)c1ccc(C)cc1. The van der Waals surface area contributed by atoms with Gasteiger partial charge in [0, 0.05) is 33.2 Å². The predicted octanol–water partition coefficient (Wildman–Crippen LogP) is 6.48. The fraction of sp³-hybridized carbons (Fsp3) is 0.310. The van der Waals surface area contributed by atoms with E-state index in [1.165, 1.54) is 29.2 Å². The van der Waals surface area contributed by atoms with Crippen LogP contribution < -0.4 is 9.62 Å². The number of benzene rings is 3. The molecule has 0 bridgehead atoms. The molecule has 0 saturated carbocycles. The van der Waals surface area contributed by atoms with Crippen molar-refractivity contribution < 1.29 is 18.0 Å². The first-order valence-corrected chi connectivity index (χ1v) is 15.3. The summed E-state index contributed by atoms with van der Waals surface area (Å²) in [5, 5.41) is 3.91. The number of halogens is 3. The molecule has 0 spiro atoms. The van der Waals surface area contributed by atoms with E-state index in [0.29, 0.717) is 20.6 Å². The first kappa shape index (κ1) is 31.7. The highest BCUT2D eigenvalue weighted by Gasteiger charge is 2.34. The highest BCUT2D eigenvalue weighted by Crippen LogP contribution is 2.29. The summed E-state index contributed by atoms with van der Waals surface area (Å²) >= 11 is 18.9. The Labute approximate surface area is 251 Å². The lowest BCUT2D eigenvalue weighted by Gasteiger charge is -2.34. The van der Waals surface area contributed by atoms with Crippen molar-refractivity contribution in [1.29, 1.82) is 0 Å². The molecule has 40 heavy (non-hydrogen) atoms. The summed E-state index contributed by atoms with van der Waals surface area (Å²) in [4.78, 5) is 28.6. The molecule has 0 heterocycles. The summed E-state index contributed by atoms with van der Waals surface area (Å²) in [6.07, 6.45) is 0.276. The van der Waals surface area contributed by atoms with Crippen LogP contribution in [0.25, 0.3) is 0 Å². The van der Waals surface area contributed by atoms with Crippen molar-refractivity contribution in [2.24, 2.45) is 0 Å². The van der Waals surface area contributed by atoms with Crippen molar-refractivity contribution in [3.8, 4) is 0 Å². The van der Waals surface area contributed by atoms with E-state index in [2.05, 4.69) is 5.32 Å². The molecule has 0 radical (unpaired) electrons. The molecule has 3 aromatic carbocycles. The molecule has 0 aliphatic heterocycles. The van der Waals surface area contributed by atoms with E-state index in [1.807, 2.05) is 20.8 Å². The van der Waals surface area contributed by atoms with Crippen LogP contribution in [0, 0.1) is 6.92 Å². The minimum Gasteiger partial charge on any atom is -0.352 e. The number of hydrogen-bond acceptors (Lipinski definition) is 4. The van der Waals surface area contributed by atoms with Crippen LogP contribution in [0.2, 0.25) is 15.1 Å². The number of hydrogen-bond donors (Lipinski definition) is 1. The van der Waals surface area contributed by atoms with Gasteiger partial charge >= 0.3 is 0 Å². The van der Waals surface area contributed by atoms with Crippen LogP contribution in [0.15, 0.2) is 71.6 Å². The average Bonchev–Trinajstić information content (AvgIpc) is 2.89. The molecule has 0 aromatic heterocycles. The van der Waals surface area contributed by atoms with Crippen LogP contribution in [0.1, 0.15) is 38.3 Å². The molecular weight excluding hydrogens is 593 g/mol. The van der Waals surface area contributed by atoms with Crippen LogP contribution in [-0.2, 0) is 26.2 Å². The van der Waals surface area contributed by atoms with E-state index in [4.69, 9.17) is 34.8 Å². The van der Waals surface area contributed by atoms with Crippen LogP contribution >= 0.6 is 34.8 Å². The van der Waals surface area contributed by atoms with Crippen LogP contribution in [0.3, 0.4) is 0 Å². The van der Waals surface area contributed by atoms with Crippen molar-refractivity contribution >= 4 is 62.3 Å². The van der Waals surface area contributed by atoms with Crippen molar-refractivity contribution in [1.82, 2.24) is 10.2 Å². The van der Waals surface area contributed by atoms with Crippen LogP contribution in [0.5, 0.6) is 0 Å². The average molecular weight is 625 g/mol. The summed E-state index contributed by atoms with van der Waals surface area (Å²) in [6, 6.07) is 16.4. The molecule has 1 N–H and O–H groups in total. The number of aryl methyl sites for hydroxylation is 1. The molecular formula is C29H32Cl3N3O4S. The van der Waals surface area contributed by atoms with Gasteiger partial charge in [0.05, 0.1) is 10.6 Å². The third-order valence-electron chi connectivity index (χ3n) is 6.21. The number of rotatable bonds is 11. The number of anilines is 1. The highest BCUT2D eigenvalue weighted by atomic mass is 35.5. The van der Waals surface area contributed by atoms with Crippen LogP contribution in [-0.4, -0.2) is 43.8 Å². The molecule has 0 aliphatic carbocycles. The zero-order valence-corrected chi connectivity index (χ0v) is 25.8. The molecule has 0 saturated heterocycles. The molecule has 7 nitrogen and oxygen atoms in total. The van der Waals surface area contributed by atoms with Gasteiger partial charge in [-0.15, -0.1) is 0 Å². The van der Waals surface area contributed by atoms with Gasteiger partial charge in [0.25, 0.3) is 10.0 Å². The van der Waals surface area contributed by atoms with Gasteiger partial charge in [-0.1, -0.05) is 65.5 Å². The Kier molecular flexibility index (Phi) is 10.9. The third kappa shape index (κ3) is 7.69. The maximum Gasteiger partial charge on any atom is 0.264 e. The predicted molar refractivity (Wildman–Crippen MR) is 162 cm³/mol. The Morgan fingerprint density at radius 2 is 1.48 bits per heavy atom. The zero-order valence-electron chi connectivity index (χ0n) is 22.7. The van der Waals surface area contributed by atoms with E-state index in [1.54, 1.807) is 49.4 Å². The Hall–Kier alpha value is -2.78. The normalized spacial score (nSPS) is 12.2. The number of carbonyl (C=O) groups is 2. The Morgan fingerprint density at radius 3 is 2.00 bits per heavy atom. The van der Waals surface area contributed by atoms with Crippen molar-refractivity contribution in [3.05, 3.63) is 92.9 Å². The molecule has 0 aliphatic rings. The molecule has 2 amide bonds. The van der Waals surface area contributed by atoms with Crippen molar-refractivity contribution in [3.63, 3.8) is 0 Å². The van der Waals surface area contributed by atoms with Gasteiger partial charge in [0.15, 0.2) is 0 Å². The minimum atomic E-state index is -4.18. The second-order valence-electron chi connectivity index (χ2n) is 9.61. The lowest BCUT2D eigenvalue weighted by atomic mass is 10.1. The third-order valence-corrected chi connectivity index (χ3v) is 8.96. The van der Waals surface area contributed by atoms with Crippen LogP contribution in [0.4, 0.5) is 5.69 Å². The van der Waals surface area contributed by atoms with E-state index in [0.717, 1.165) is 9.87 Å². The van der Waals surface area contributed by atoms with Gasteiger partial charge < -0.3 is 10.2 Å². The van der Waals surface area contributed by atoms with Gasteiger partial charge in [-0.05, 0) is 75.7 Å². The summed E-state index contributed by atoms with van der Waals surface area (Å²) < 4.78 is 28.8. The summed E-state index contributed by atoms with van der Waals surface area (Å²) in [5.41, 5.74) is 1.58. The number of sulfonamides is 1. The van der Waals surface area contributed by atoms with E-state index in [9.17, 15) is 18.0 Å². The largest absolute Gasteiger partial charge is 0.352 e. The fourth-order valence-electron chi connectivity index (χ4n) is 4.13. The Morgan fingerprint density at radius 1 is 0.900 bits per heavy atom. The second-order valence-corrected chi connectivity index (χ2v) is 12.7. The Bertz CT molecular complexity index is 1430. The topological polar surface area (TPSA) is 86.8 Å². The van der Waals surface area contributed by atoms with Gasteiger partial charge in [-0.2, -0.15) is 0 Å². The summed E-state index contributed by atoms with van der Waals surface area (Å²) in [5.74, 6) is -0.971. The van der Waals surface area contributed by atoms with Crippen molar-refractivity contribution in [2.45, 2.75) is 57.6 Å². The highest BCUT2D eigenvalue weighted by molar-refractivity contribution is 7.92. The minimum absolute atomic E-state index is 0.0196. The fourth-order valence-corrected chi connectivity index (χ4v) is 6.18. The number of carbonyl (C=O) groups excluding carboxylic acids is 2. The van der Waals surface area contributed by atoms with Gasteiger partial charge in [0.2, 0.25) is 11.8 Å². The lowest BCUT2D eigenvalue weighted by molar-refractivity contribution is -0.140. The smallest absolute Gasteiger partial charge is 0.264 e. The van der Waals surface area contributed by atoms with Gasteiger partial charge in [-0.3, -0.25) is 13.9 Å². The van der Waals surface area contributed by atoms with E-state index in [-0.39, 0.29) is 35.5 Å². The Balaban J connectivity index is 2.10. The second kappa shape index (κ2) is 13.7. The van der Waals surface area contributed by atoms with Gasteiger partial charge in [0.1, 0.15) is 12.6 Å². The van der Waals surface area contributed by atoms with Crippen molar-refractivity contribution in [2.75, 3.05) is 10.8 Å². The number of nitrogens with one attached hydrogen (secondary N) is 1. The zero-order chi connectivity index (χ0) is 29.6. The molecule has 3 aromatic rings. The maximum absolute atomic E-state index is 14.1. The molecule has 11 heteroatoms. The maximum atomic E-state index is 14.1. The monoisotopic (exact) mass is 623 g/mol. The molecule has 1 unspecified atom stereocenters. The van der Waals surface area contributed by atoms with Gasteiger partial charge in [-0.25, -0.2) is 8.42 Å². The first-order chi connectivity index (χ1) is 18.8. The number of amides is 2. The quantitative estimate of drug-likeness (QED) is 0.265.